The van der Waals surface area contributed by atoms with Gasteiger partial charge in [0.25, 0.3) is 0 Å². The third-order valence-corrected chi connectivity index (χ3v) is 3.35. The third kappa shape index (κ3) is 1.76. The summed E-state index contributed by atoms with van der Waals surface area (Å²) < 4.78 is 16.1. The van der Waals surface area contributed by atoms with Crippen LogP contribution in [-0.2, 0) is 19.6 Å². The Labute approximate surface area is 105 Å². The molecule has 0 bridgehead atoms. The molecular weight excluding hydrogens is 231 g/mol. The van der Waals surface area contributed by atoms with E-state index in [1.165, 1.54) is 6.07 Å². The van der Waals surface area contributed by atoms with Gasteiger partial charge in [0, 0.05) is 32.0 Å². The molecule has 0 radical (unpaired) electrons. The summed E-state index contributed by atoms with van der Waals surface area (Å²) in [6.45, 7) is 2.57. The Bertz CT molecular complexity index is 564. The number of rotatable bonds is 2. The molecule has 0 saturated heterocycles. The lowest BCUT2D eigenvalue weighted by Crippen LogP contribution is -2.35. The second-order valence-corrected chi connectivity index (χ2v) is 4.41. The van der Waals surface area contributed by atoms with E-state index in [0.717, 1.165) is 24.5 Å². The van der Waals surface area contributed by atoms with Crippen molar-refractivity contribution in [1.82, 2.24) is 9.55 Å². The first-order valence-electron chi connectivity index (χ1n) is 6.02. The standard InChI is InChI=1S/C13H15FN4/c14-11-3-1-2-10(8-15)13(11)18-7-6-17-5-4-16-12(17)9-18/h1-5H,6-9,15H2. The maximum absolute atomic E-state index is 14.0. The second-order valence-electron chi connectivity index (χ2n) is 4.41. The van der Waals surface area contributed by atoms with Gasteiger partial charge in [0.05, 0.1) is 12.2 Å². The average molecular weight is 246 g/mol. The largest absolute Gasteiger partial charge is 0.360 e. The number of nitrogens with two attached hydrogens (primary N) is 1. The van der Waals surface area contributed by atoms with E-state index in [9.17, 15) is 4.39 Å². The molecule has 1 aromatic heterocycles. The van der Waals surface area contributed by atoms with Crippen LogP contribution in [0.5, 0.6) is 0 Å². The predicted octanol–water partition coefficient (Wildman–Crippen LogP) is 1.50. The van der Waals surface area contributed by atoms with E-state index in [0.29, 0.717) is 18.8 Å². The molecule has 2 N–H and O–H groups in total. The Morgan fingerprint density at radius 3 is 3.06 bits per heavy atom. The highest BCUT2D eigenvalue weighted by atomic mass is 19.1. The molecule has 0 saturated carbocycles. The van der Waals surface area contributed by atoms with Crippen molar-refractivity contribution in [2.75, 3.05) is 11.4 Å². The van der Waals surface area contributed by atoms with Gasteiger partial charge in [0.15, 0.2) is 0 Å². The van der Waals surface area contributed by atoms with Gasteiger partial charge in [0.2, 0.25) is 0 Å². The topological polar surface area (TPSA) is 47.1 Å². The van der Waals surface area contributed by atoms with Gasteiger partial charge in [-0.25, -0.2) is 9.37 Å². The van der Waals surface area contributed by atoms with Crippen molar-refractivity contribution in [2.24, 2.45) is 5.73 Å². The number of fused-ring (bicyclic) bond motifs is 1. The number of nitrogens with zero attached hydrogens (tertiary/aromatic N) is 3. The molecule has 4 nitrogen and oxygen atoms in total. The SMILES string of the molecule is NCc1cccc(F)c1N1CCn2ccnc2C1. The molecule has 0 spiro atoms. The van der Waals surface area contributed by atoms with Crippen LogP contribution in [0.4, 0.5) is 10.1 Å². The van der Waals surface area contributed by atoms with Crippen molar-refractivity contribution in [3.63, 3.8) is 0 Å². The van der Waals surface area contributed by atoms with Crippen LogP contribution in [0.25, 0.3) is 0 Å². The third-order valence-electron chi connectivity index (χ3n) is 3.35. The van der Waals surface area contributed by atoms with Crippen molar-refractivity contribution >= 4 is 5.69 Å². The van der Waals surface area contributed by atoms with Crippen molar-refractivity contribution in [2.45, 2.75) is 19.6 Å². The summed E-state index contributed by atoms with van der Waals surface area (Å²) in [6, 6.07) is 5.06. The van der Waals surface area contributed by atoms with E-state index in [1.807, 2.05) is 17.2 Å². The fraction of sp³-hybridized carbons (Fsp3) is 0.308. The van der Waals surface area contributed by atoms with Crippen LogP contribution in [0.3, 0.4) is 0 Å². The summed E-state index contributed by atoms with van der Waals surface area (Å²) in [7, 11) is 0. The molecule has 3 rings (SSSR count). The van der Waals surface area contributed by atoms with E-state index >= 15 is 0 Å². The van der Waals surface area contributed by atoms with Crippen molar-refractivity contribution < 1.29 is 4.39 Å². The summed E-state index contributed by atoms with van der Waals surface area (Å²) in [6.07, 6.45) is 3.74. The van der Waals surface area contributed by atoms with Gasteiger partial charge in [-0.05, 0) is 11.6 Å². The zero-order valence-electron chi connectivity index (χ0n) is 10.0. The fourth-order valence-corrected chi connectivity index (χ4v) is 2.44. The minimum absolute atomic E-state index is 0.210. The fourth-order valence-electron chi connectivity index (χ4n) is 2.44. The summed E-state index contributed by atoms with van der Waals surface area (Å²) >= 11 is 0. The minimum atomic E-state index is -0.210. The van der Waals surface area contributed by atoms with Crippen LogP contribution in [0, 0.1) is 5.82 Å². The summed E-state index contributed by atoms with van der Waals surface area (Å²) in [5.41, 5.74) is 7.15. The maximum Gasteiger partial charge on any atom is 0.146 e. The number of hydrogen-bond donors (Lipinski definition) is 1. The van der Waals surface area contributed by atoms with Crippen molar-refractivity contribution in [3.8, 4) is 0 Å². The van der Waals surface area contributed by atoms with Crippen LogP contribution in [0.2, 0.25) is 0 Å². The summed E-state index contributed by atoms with van der Waals surface area (Å²) in [4.78, 5) is 6.30. The van der Waals surface area contributed by atoms with Gasteiger partial charge in [0.1, 0.15) is 11.6 Å². The number of benzene rings is 1. The Kier molecular flexibility index (Phi) is 2.76. The Balaban J connectivity index is 1.97. The van der Waals surface area contributed by atoms with Gasteiger partial charge in [-0.2, -0.15) is 0 Å². The summed E-state index contributed by atoms with van der Waals surface area (Å²) in [5.74, 6) is 0.755. The highest BCUT2D eigenvalue weighted by Gasteiger charge is 2.21. The first-order valence-corrected chi connectivity index (χ1v) is 6.02. The molecule has 0 amide bonds. The molecule has 5 heteroatoms. The number of imidazole rings is 1. The Morgan fingerprint density at radius 2 is 2.22 bits per heavy atom. The summed E-state index contributed by atoms with van der Waals surface area (Å²) in [5, 5.41) is 0. The second kappa shape index (κ2) is 4.42. The lowest BCUT2D eigenvalue weighted by molar-refractivity contribution is 0.542. The molecule has 2 heterocycles. The first-order chi connectivity index (χ1) is 8.79. The van der Waals surface area contributed by atoms with Crippen LogP contribution in [-0.4, -0.2) is 16.1 Å². The quantitative estimate of drug-likeness (QED) is 0.873. The van der Waals surface area contributed by atoms with Crippen LogP contribution in [0.1, 0.15) is 11.4 Å². The molecular formula is C13H15FN4. The molecule has 2 aromatic rings. The van der Waals surface area contributed by atoms with Crippen LogP contribution in [0.15, 0.2) is 30.6 Å². The molecule has 1 aliphatic rings. The van der Waals surface area contributed by atoms with Gasteiger partial charge < -0.3 is 15.2 Å². The van der Waals surface area contributed by atoms with E-state index in [4.69, 9.17) is 5.73 Å². The lowest BCUT2D eigenvalue weighted by atomic mass is 10.1. The molecule has 1 aromatic carbocycles. The Morgan fingerprint density at radius 1 is 1.33 bits per heavy atom. The molecule has 0 aliphatic carbocycles. The number of halogens is 1. The maximum atomic E-state index is 14.0. The molecule has 94 valence electrons. The molecule has 0 atom stereocenters. The van der Waals surface area contributed by atoms with E-state index in [2.05, 4.69) is 9.55 Å². The van der Waals surface area contributed by atoms with Gasteiger partial charge in [-0.1, -0.05) is 12.1 Å². The highest BCUT2D eigenvalue weighted by Crippen LogP contribution is 2.27. The van der Waals surface area contributed by atoms with Crippen molar-refractivity contribution in [3.05, 3.63) is 47.8 Å². The monoisotopic (exact) mass is 246 g/mol. The van der Waals surface area contributed by atoms with Gasteiger partial charge >= 0.3 is 0 Å². The lowest BCUT2D eigenvalue weighted by Gasteiger charge is -2.31. The van der Waals surface area contributed by atoms with E-state index in [1.54, 1.807) is 12.3 Å². The van der Waals surface area contributed by atoms with E-state index in [-0.39, 0.29) is 5.82 Å². The molecule has 1 aliphatic heterocycles. The number of hydrogen-bond acceptors (Lipinski definition) is 3. The Hall–Kier alpha value is -1.88. The average Bonchev–Trinajstić information content (AvgIpc) is 2.85. The smallest absolute Gasteiger partial charge is 0.146 e. The zero-order chi connectivity index (χ0) is 12.5. The number of anilines is 1. The normalized spacial score (nSPS) is 14.7. The van der Waals surface area contributed by atoms with E-state index < -0.39 is 0 Å². The van der Waals surface area contributed by atoms with Gasteiger partial charge in [-0.3, -0.25) is 0 Å². The number of para-hydroxylation sites is 1. The number of aromatic nitrogens is 2. The minimum Gasteiger partial charge on any atom is -0.360 e. The molecule has 0 fully saturated rings. The van der Waals surface area contributed by atoms with Gasteiger partial charge in [-0.15, -0.1) is 0 Å². The van der Waals surface area contributed by atoms with Crippen LogP contribution >= 0.6 is 0 Å². The highest BCUT2D eigenvalue weighted by molar-refractivity contribution is 5.55. The first kappa shape index (κ1) is 11.2. The van der Waals surface area contributed by atoms with Crippen molar-refractivity contribution in [1.29, 1.82) is 0 Å². The zero-order valence-corrected chi connectivity index (χ0v) is 10.0. The van der Waals surface area contributed by atoms with Crippen LogP contribution < -0.4 is 10.6 Å². The molecule has 18 heavy (non-hydrogen) atoms. The predicted molar refractivity (Wildman–Crippen MR) is 67.6 cm³/mol. The molecule has 0 unspecified atom stereocenters.